The maximum Gasteiger partial charge on any atom is 0.271 e. The molecule has 4 rings (SSSR count). The van der Waals surface area contributed by atoms with E-state index in [9.17, 15) is 4.79 Å². The Morgan fingerprint density at radius 2 is 1.73 bits per heavy atom. The first-order valence-corrected chi connectivity index (χ1v) is 10.1. The number of methoxy groups -OCH3 is 2. The molecule has 0 fully saturated rings. The van der Waals surface area contributed by atoms with Crippen LogP contribution in [0.4, 0.5) is 0 Å². The van der Waals surface area contributed by atoms with Crippen molar-refractivity contribution >= 4 is 12.1 Å². The molecule has 0 aliphatic carbocycles. The molecule has 0 spiro atoms. The minimum atomic E-state index is -0.319. The lowest BCUT2D eigenvalue weighted by Crippen LogP contribution is -2.17. The second-order valence-corrected chi connectivity index (χ2v) is 7.11. The third-order valence-corrected chi connectivity index (χ3v) is 5.02. The topological polar surface area (TPSA) is 98.8 Å². The van der Waals surface area contributed by atoms with Crippen molar-refractivity contribution < 1.29 is 18.7 Å². The second-order valence-electron chi connectivity index (χ2n) is 7.11. The molecule has 0 aliphatic rings. The van der Waals surface area contributed by atoms with Gasteiger partial charge in [0.05, 0.1) is 26.0 Å². The van der Waals surface area contributed by atoms with Crippen LogP contribution in [-0.2, 0) is 0 Å². The van der Waals surface area contributed by atoms with E-state index in [-0.39, 0.29) is 5.91 Å². The molecule has 1 heterocycles. The maximum atomic E-state index is 12.4. The minimum absolute atomic E-state index is 0.317. The fourth-order valence-corrected chi connectivity index (χ4v) is 3.14. The molecular weight excluding hydrogens is 420 g/mol. The lowest BCUT2D eigenvalue weighted by Gasteiger charge is -2.07. The van der Waals surface area contributed by atoms with Gasteiger partial charge in [0.2, 0.25) is 5.89 Å². The van der Waals surface area contributed by atoms with Crippen molar-refractivity contribution in [1.29, 1.82) is 0 Å². The van der Waals surface area contributed by atoms with Crippen LogP contribution in [0.3, 0.4) is 0 Å². The molecule has 8 heteroatoms. The van der Waals surface area contributed by atoms with Gasteiger partial charge in [-0.15, -0.1) is 10.2 Å². The summed E-state index contributed by atoms with van der Waals surface area (Å²) in [6, 6.07) is 19.9. The Balaban J connectivity index is 1.46. The van der Waals surface area contributed by atoms with E-state index in [4.69, 9.17) is 13.9 Å². The number of hydrogen-bond acceptors (Lipinski definition) is 7. The summed E-state index contributed by atoms with van der Waals surface area (Å²) in [6.45, 7) is 1.98. The number of nitrogens with one attached hydrogen (secondary N) is 1. The Hall–Kier alpha value is -4.46. The zero-order valence-electron chi connectivity index (χ0n) is 18.4. The predicted octanol–water partition coefficient (Wildman–Crippen LogP) is 4.49. The van der Waals surface area contributed by atoms with E-state index in [1.165, 1.54) is 0 Å². The van der Waals surface area contributed by atoms with Crippen molar-refractivity contribution in [3.8, 4) is 34.4 Å². The van der Waals surface area contributed by atoms with Crippen LogP contribution in [0.25, 0.3) is 22.9 Å². The molecule has 0 aliphatic heterocycles. The summed E-state index contributed by atoms with van der Waals surface area (Å²) in [4.78, 5) is 12.4. The van der Waals surface area contributed by atoms with Crippen LogP contribution >= 0.6 is 0 Å². The molecule has 1 N–H and O–H groups in total. The van der Waals surface area contributed by atoms with Crippen molar-refractivity contribution in [2.75, 3.05) is 14.2 Å². The van der Waals surface area contributed by atoms with E-state index in [0.29, 0.717) is 40.0 Å². The van der Waals surface area contributed by atoms with Gasteiger partial charge in [-0.05, 0) is 54.4 Å². The molecule has 4 aromatic rings. The largest absolute Gasteiger partial charge is 0.497 e. The number of amides is 1. The lowest BCUT2D eigenvalue weighted by atomic mass is 10.1. The standard InChI is InChI=1S/C25H22N4O4/c1-16-6-4-5-7-19(16)15-26-27-23(30)17-8-10-18(11-9-17)24-28-29-25(33-24)21-13-12-20(31-2)14-22(21)32-3/h4-15H,1-3H3,(H,27,30)/b26-15+. The highest BCUT2D eigenvalue weighted by atomic mass is 16.5. The van der Waals surface area contributed by atoms with Crippen molar-refractivity contribution in [2.24, 2.45) is 5.10 Å². The molecular formula is C25H22N4O4. The summed E-state index contributed by atoms with van der Waals surface area (Å²) in [5, 5.41) is 12.3. The lowest BCUT2D eigenvalue weighted by molar-refractivity contribution is 0.0955. The van der Waals surface area contributed by atoms with Crippen molar-refractivity contribution in [3.05, 3.63) is 83.4 Å². The number of rotatable bonds is 7. The van der Waals surface area contributed by atoms with Gasteiger partial charge in [0.25, 0.3) is 11.8 Å². The van der Waals surface area contributed by atoms with Crippen molar-refractivity contribution in [2.45, 2.75) is 6.92 Å². The maximum absolute atomic E-state index is 12.4. The molecule has 0 atom stereocenters. The van der Waals surface area contributed by atoms with Crippen LogP contribution < -0.4 is 14.9 Å². The van der Waals surface area contributed by atoms with Crippen LogP contribution in [0, 0.1) is 6.92 Å². The number of carbonyl (C=O) groups excluding carboxylic acids is 1. The second kappa shape index (κ2) is 9.78. The van der Waals surface area contributed by atoms with Gasteiger partial charge in [-0.25, -0.2) is 5.43 Å². The van der Waals surface area contributed by atoms with E-state index < -0.39 is 0 Å². The molecule has 0 saturated carbocycles. The first-order chi connectivity index (χ1) is 16.1. The summed E-state index contributed by atoms with van der Waals surface area (Å²) in [5.74, 6) is 1.54. The van der Waals surface area contributed by atoms with Gasteiger partial charge in [0.15, 0.2) is 0 Å². The molecule has 0 bridgehead atoms. The van der Waals surface area contributed by atoms with Crippen LogP contribution in [0.15, 0.2) is 76.2 Å². The summed E-state index contributed by atoms with van der Waals surface area (Å²) < 4.78 is 16.4. The Bertz CT molecular complexity index is 1300. The highest BCUT2D eigenvalue weighted by Gasteiger charge is 2.16. The molecule has 8 nitrogen and oxygen atoms in total. The molecule has 1 amide bonds. The quantitative estimate of drug-likeness (QED) is 0.334. The Kier molecular flexibility index (Phi) is 6.45. The average Bonchev–Trinajstić information content (AvgIpc) is 3.35. The van der Waals surface area contributed by atoms with Gasteiger partial charge in [0, 0.05) is 17.2 Å². The molecule has 0 unspecified atom stereocenters. The molecule has 0 saturated heterocycles. The highest BCUT2D eigenvalue weighted by Crippen LogP contribution is 2.33. The minimum Gasteiger partial charge on any atom is -0.497 e. The number of carbonyl (C=O) groups is 1. The smallest absolute Gasteiger partial charge is 0.271 e. The molecule has 166 valence electrons. The number of hydrazone groups is 1. The monoisotopic (exact) mass is 442 g/mol. The zero-order valence-corrected chi connectivity index (χ0v) is 18.4. The first kappa shape index (κ1) is 21.8. The SMILES string of the molecule is COc1ccc(-c2nnc(-c3ccc(C(=O)N/N=C/c4ccccc4C)cc3)o2)c(OC)c1. The number of ether oxygens (including phenoxy) is 2. The van der Waals surface area contributed by atoms with E-state index >= 15 is 0 Å². The van der Waals surface area contributed by atoms with E-state index in [1.54, 1.807) is 62.9 Å². The van der Waals surface area contributed by atoms with E-state index in [2.05, 4.69) is 20.7 Å². The van der Waals surface area contributed by atoms with E-state index in [0.717, 1.165) is 11.1 Å². The summed E-state index contributed by atoms with van der Waals surface area (Å²) in [7, 11) is 3.14. The third kappa shape index (κ3) is 4.90. The van der Waals surface area contributed by atoms with Gasteiger partial charge < -0.3 is 13.9 Å². The fraction of sp³-hybridized carbons (Fsp3) is 0.120. The van der Waals surface area contributed by atoms with Crippen LogP contribution in [0.1, 0.15) is 21.5 Å². The zero-order chi connectivity index (χ0) is 23.2. The average molecular weight is 442 g/mol. The van der Waals surface area contributed by atoms with Gasteiger partial charge in [-0.2, -0.15) is 5.10 Å². The fourth-order valence-electron chi connectivity index (χ4n) is 3.14. The number of hydrogen-bond donors (Lipinski definition) is 1. The first-order valence-electron chi connectivity index (χ1n) is 10.1. The van der Waals surface area contributed by atoms with Gasteiger partial charge in [-0.3, -0.25) is 4.79 Å². The van der Waals surface area contributed by atoms with Crippen LogP contribution in [-0.4, -0.2) is 36.5 Å². The molecule has 1 aromatic heterocycles. The van der Waals surface area contributed by atoms with E-state index in [1.807, 2.05) is 31.2 Å². The Morgan fingerprint density at radius 1 is 0.970 bits per heavy atom. The third-order valence-electron chi connectivity index (χ3n) is 5.02. The molecule has 0 radical (unpaired) electrons. The predicted molar refractivity (Wildman–Crippen MR) is 125 cm³/mol. The van der Waals surface area contributed by atoms with Gasteiger partial charge in [-0.1, -0.05) is 24.3 Å². The normalized spacial score (nSPS) is 10.9. The number of aromatic nitrogens is 2. The van der Waals surface area contributed by atoms with Crippen LogP contribution in [0.5, 0.6) is 11.5 Å². The Morgan fingerprint density at radius 3 is 2.45 bits per heavy atom. The summed E-state index contributed by atoms with van der Waals surface area (Å²) >= 11 is 0. The molecule has 3 aromatic carbocycles. The van der Waals surface area contributed by atoms with Crippen molar-refractivity contribution in [3.63, 3.8) is 0 Å². The van der Waals surface area contributed by atoms with Gasteiger partial charge >= 0.3 is 0 Å². The molecule has 33 heavy (non-hydrogen) atoms. The number of benzene rings is 3. The summed E-state index contributed by atoms with van der Waals surface area (Å²) in [5.41, 5.74) is 6.34. The van der Waals surface area contributed by atoms with Crippen molar-refractivity contribution in [1.82, 2.24) is 15.6 Å². The Labute approximate surface area is 190 Å². The van der Waals surface area contributed by atoms with Crippen LogP contribution in [0.2, 0.25) is 0 Å². The number of aryl methyl sites for hydroxylation is 1. The highest BCUT2D eigenvalue weighted by molar-refractivity contribution is 5.95. The summed E-state index contributed by atoms with van der Waals surface area (Å²) in [6.07, 6.45) is 1.62. The van der Waals surface area contributed by atoms with Gasteiger partial charge in [0.1, 0.15) is 11.5 Å². The number of nitrogens with zero attached hydrogens (tertiary/aromatic N) is 3.